The summed E-state index contributed by atoms with van der Waals surface area (Å²) in [5.41, 5.74) is 0. The summed E-state index contributed by atoms with van der Waals surface area (Å²) < 4.78 is 38.1. The van der Waals surface area contributed by atoms with E-state index in [9.17, 15) is 0 Å². The second-order valence-corrected chi connectivity index (χ2v) is 6.33. The van der Waals surface area contributed by atoms with E-state index in [0.29, 0.717) is 0 Å². The van der Waals surface area contributed by atoms with Gasteiger partial charge in [-0.25, -0.2) is 0 Å². The highest BCUT2D eigenvalue weighted by Crippen LogP contribution is 2.22. The first-order valence-electron chi connectivity index (χ1n) is 6.58. The number of ether oxygens (including phenoxy) is 1. The SMILES string of the molecule is O=S(=O)(O)O.SCCNCCCCCOc1ccncc1Br. The average Bonchev–Trinajstić information content (AvgIpc) is 2.42. The van der Waals surface area contributed by atoms with Crippen LogP contribution in [0.1, 0.15) is 19.3 Å². The number of hydrogen-bond donors (Lipinski definition) is 4. The van der Waals surface area contributed by atoms with E-state index in [1.165, 1.54) is 12.8 Å². The van der Waals surface area contributed by atoms with Gasteiger partial charge in [-0.3, -0.25) is 14.1 Å². The Balaban J connectivity index is 0.000000763. The molecule has 7 nitrogen and oxygen atoms in total. The predicted octanol–water partition coefficient (Wildman–Crippen LogP) is 2.26. The number of pyridine rings is 1. The van der Waals surface area contributed by atoms with E-state index in [-0.39, 0.29) is 0 Å². The minimum absolute atomic E-state index is 0.759. The number of hydrogen-bond acceptors (Lipinski definition) is 6. The zero-order valence-corrected chi connectivity index (χ0v) is 15.3. The smallest absolute Gasteiger partial charge is 0.394 e. The number of thiol groups is 1. The molecule has 0 bridgehead atoms. The molecule has 0 saturated heterocycles. The summed E-state index contributed by atoms with van der Waals surface area (Å²) in [5.74, 6) is 1.77. The number of nitrogens with zero attached hydrogens (tertiary/aromatic N) is 1. The zero-order chi connectivity index (χ0) is 16.8. The first kappa shape index (κ1) is 21.6. The van der Waals surface area contributed by atoms with Gasteiger partial charge in [-0.05, 0) is 47.8 Å². The molecule has 10 heteroatoms. The number of halogens is 1. The van der Waals surface area contributed by atoms with Gasteiger partial charge in [0.15, 0.2) is 0 Å². The second kappa shape index (κ2) is 13.1. The summed E-state index contributed by atoms with van der Waals surface area (Å²) in [4.78, 5) is 3.99. The fourth-order valence-electron chi connectivity index (χ4n) is 1.39. The lowest BCUT2D eigenvalue weighted by atomic mass is 10.2. The van der Waals surface area contributed by atoms with E-state index < -0.39 is 10.4 Å². The molecule has 0 amide bonds. The van der Waals surface area contributed by atoms with Crippen molar-refractivity contribution in [3.05, 3.63) is 22.9 Å². The van der Waals surface area contributed by atoms with E-state index >= 15 is 0 Å². The third kappa shape index (κ3) is 16.0. The van der Waals surface area contributed by atoms with Crippen molar-refractivity contribution in [3.63, 3.8) is 0 Å². The van der Waals surface area contributed by atoms with Crippen LogP contribution in [0.4, 0.5) is 0 Å². The Morgan fingerprint density at radius 1 is 1.27 bits per heavy atom. The maximum atomic E-state index is 8.74. The van der Waals surface area contributed by atoms with Crippen molar-refractivity contribution in [1.82, 2.24) is 10.3 Å². The molecule has 0 aliphatic heterocycles. The lowest BCUT2D eigenvalue weighted by molar-refractivity contribution is 0.303. The standard InChI is InChI=1S/C12H19BrN2OS.H2O4S/c13-11-10-15-6-4-12(11)16-8-3-1-2-5-14-7-9-17;1-5(2,3)4/h4,6,10,14,17H,1-3,5,7-9H2;(H2,1,2,3,4). The Labute approximate surface area is 145 Å². The van der Waals surface area contributed by atoms with Crippen LogP contribution < -0.4 is 10.1 Å². The lowest BCUT2D eigenvalue weighted by Crippen LogP contribution is -2.17. The zero-order valence-electron chi connectivity index (χ0n) is 12.0. The van der Waals surface area contributed by atoms with E-state index in [2.05, 4.69) is 38.9 Å². The molecule has 0 atom stereocenters. The average molecular weight is 417 g/mol. The van der Waals surface area contributed by atoms with Gasteiger partial charge in [0.05, 0.1) is 11.1 Å². The third-order valence-electron chi connectivity index (χ3n) is 2.28. The first-order valence-corrected chi connectivity index (χ1v) is 9.40. The Morgan fingerprint density at radius 2 is 1.95 bits per heavy atom. The van der Waals surface area contributed by atoms with Crippen LogP contribution in [0.2, 0.25) is 0 Å². The van der Waals surface area contributed by atoms with Gasteiger partial charge in [0.1, 0.15) is 5.75 Å². The molecule has 0 radical (unpaired) electrons. The quantitative estimate of drug-likeness (QED) is 0.277. The van der Waals surface area contributed by atoms with Crippen molar-refractivity contribution >= 4 is 39.0 Å². The van der Waals surface area contributed by atoms with Gasteiger partial charge in [-0.2, -0.15) is 21.0 Å². The highest BCUT2D eigenvalue weighted by atomic mass is 79.9. The molecule has 0 aliphatic rings. The molecule has 0 fully saturated rings. The Kier molecular flexibility index (Phi) is 12.9. The maximum Gasteiger partial charge on any atom is 0.394 e. The van der Waals surface area contributed by atoms with Gasteiger partial charge in [0, 0.05) is 24.7 Å². The molecule has 0 saturated carbocycles. The summed E-state index contributed by atoms with van der Waals surface area (Å²) in [6.45, 7) is 2.82. The van der Waals surface area contributed by atoms with Crippen LogP contribution in [0, 0.1) is 0 Å². The number of rotatable bonds is 9. The van der Waals surface area contributed by atoms with Crippen molar-refractivity contribution in [2.45, 2.75) is 19.3 Å². The van der Waals surface area contributed by atoms with E-state index in [1.54, 1.807) is 12.4 Å². The van der Waals surface area contributed by atoms with Crippen molar-refractivity contribution < 1.29 is 22.3 Å². The largest absolute Gasteiger partial charge is 0.492 e. The first-order chi connectivity index (χ1) is 10.3. The van der Waals surface area contributed by atoms with Crippen LogP contribution in [-0.4, -0.2) is 48.0 Å². The van der Waals surface area contributed by atoms with Gasteiger partial charge in [-0.1, -0.05) is 0 Å². The lowest BCUT2D eigenvalue weighted by Gasteiger charge is -2.07. The minimum Gasteiger partial charge on any atom is -0.492 e. The van der Waals surface area contributed by atoms with Crippen molar-refractivity contribution in [3.8, 4) is 5.75 Å². The monoisotopic (exact) mass is 416 g/mol. The molecule has 1 heterocycles. The Morgan fingerprint density at radius 3 is 2.55 bits per heavy atom. The fraction of sp³-hybridized carbons (Fsp3) is 0.583. The van der Waals surface area contributed by atoms with Crippen molar-refractivity contribution in [2.24, 2.45) is 0 Å². The number of nitrogens with one attached hydrogen (secondary N) is 1. The molecule has 1 aromatic heterocycles. The van der Waals surface area contributed by atoms with Crippen LogP contribution >= 0.6 is 28.6 Å². The van der Waals surface area contributed by atoms with Crippen molar-refractivity contribution in [2.75, 3.05) is 25.4 Å². The maximum absolute atomic E-state index is 8.74. The highest BCUT2D eigenvalue weighted by Gasteiger charge is 1.99. The van der Waals surface area contributed by atoms with Crippen LogP contribution in [0.3, 0.4) is 0 Å². The third-order valence-corrected chi connectivity index (χ3v) is 3.10. The van der Waals surface area contributed by atoms with Gasteiger partial charge < -0.3 is 10.1 Å². The molecule has 0 spiro atoms. The fourth-order valence-corrected chi connectivity index (χ4v) is 1.92. The summed E-state index contributed by atoms with van der Waals surface area (Å²) in [7, 11) is -4.67. The summed E-state index contributed by atoms with van der Waals surface area (Å²) in [5, 5.41) is 3.32. The molecule has 3 N–H and O–H groups in total. The molecule has 1 aromatic rings. The van der Waals surface area contributed by atoms with Crippen LogP contribution in [0.25, 0.3) is 0 Å². The van der Waals surface area contributed by atoms with Gasteiger partial charge >= 0.3 is 10.4 Å². The topological polar surface area (TPSA) is 109 Å². The molecule has 1 rings (SSSR count). The van der Waals surface area contributed by atoms with Crippen LogP contribution in [0.15, 0.2) is 22.9 Å². The minimum atomic E-state index is -4.67. The Bertz CT molecular complexity index is 494. The van der Waals surface area contributed by atoms with E-state index in [4.69, 9.17) is 22.3 Å². The summed E-state index contributed by atoms with van der Waals surface area (Å²) in [6, 6.07) is 1.87. The van der Waals surface area contributed by atoms with E-state index in [1.807, 2.05) is 6.07 Å². The van der Waals surface area contributed by atoms with Gasteiger partial charge in [0.2, 0.25) is 0 Å². The normalized spacial score (nSPS) is 10.7. The number of aromatic nitrogens is 1. The number of unbranched alkanes of at least 4 members (excludes halogenated alkanes) is 2. The molecule has 0 aromatic carbocycles. The molecule has 128 valence electrons. The Hall–Kier alpha value is -0.390. The molecule has 0 aliphatic carbocycles. The molecule has 22 heavy (non-hydrogen) atoms. The van der Waals surface area contributed by atoms with Gasteiger partial charge in [0.25, 0.3) is 0 Å². The van der Waals surface area contributed by atoms with Crippen molar-refractivity contribution in [1.29, 1.82) is 0 Å². The van der Waals surface area contributed by atoms with Gasteiger partial charge in [-0.15, -0.1) is 0 Å². The summed E-state index contributed by atoms with van der Waals surface area (Å²) in [6.07, 6.45) is 6.94. The summed E-state index contributed by atoms with van der Waals surface area (Å²) >= 11 is 7.54. The predicted molar refractivity (Wildman–Crippen MR) is 92.2 cm³/mol. The van der Waals surface area contributed by atoms with E-state index in [0.717, 1.165) is 42.1 Å². The second-order valence-electron chi connectivity index (χ2n) is 4.14. The molecular weight excluding hydrogens is 396 g/mol. The molecule has 0 unspecified atom stereocenters. The highest BCUT2D eigenvalue weighted by molar-refractivity contribution is 9.10. The molecular formula is C12H21BrN2O5S2. The van der Waals surface area contributed by atoms with Crippen LogP contribution in [-0.2, 0) is 10.4 Å². The van der Waals surface area contributed by atoms with Crippen LogP contribution in [0.5, 0.6) is 5.75 Å².